The number of nitrogens with zero attached hydrogens (tertiary/aromatic N) is 2. The maximum absolute atomic E-state index is 4.43. The van der Waals surface area contributed by atoms with E-state index in [1.165, 1.54) is 30.5 Å². The summed E-state index contributed by atoms with van der Waals surface area (Å²) in [4.78, 5) is 0. The number of aryl methyl sites for hydroxylation is 1. The average Bonchev–Trinajstić information content (AvgIpc) is 2.58. The van der Waals surface area contributed by atoms with Crippen molar-refractivity contribution >= 4 is 5.82 Å². The van der Waals surface area contributed by atoms with Gasteiger partial charge in [-0.15, -0.1) is 0 Å². The lowest BCUT2D eigenvalue weighted by atomic mass is 10.2. The van der Waals surface area contributed by atoms with Crippen molar-refractivity contribution < 1.29 is 0 Å². The van der Waals surface area contributed by atoms with Crippen LogP contribution in [0.4, 0.5) is 5.82 Å². The van der Waals surface area contributed by atoms with Gasteiger partial charge in [0.2, 0.25) is 0 Å². The van der Waals surface area contributed by atoms with Gasteiger partial charge in [0.25, 0.3) is 0 Å². The summed E-state index contributed by atoms with van der Waals surface area (Å²) in [5.41, 5.74) is 2.87. The molecule has 66 valence electrons. The standard InChI is InChI=1S/C9H15N3/c1-3-10-9-7-5-4-6-8(7)12(2)11-9/h3-6H2,1-2H3,(H,10,11). The quantitative estimate of drug-likeness (QED) is 0.716. The van der Waals surface area contributed by atoms with Gasteiger partial charge in [-0.05, 0) is 26.2 Å². The third kappa shape index (κ3) is 1.00. The number of nitrogens with one attached hydrogen (secondary N) is 1. The highest BCUT2D eigenvalue weighted by Crippen LogP contribution is 2.27. The van der Waals surface area contributed by atoms with Crippen LogP contribution in [-0.4, -0.2) is 16.3 Å². The number of anilines is 1. The lowest BCUT2D eigenvalue weighted by molar-refractivity contribution is 0.708. The van der Waals surface area contributed by atoms with Crippen LogP contribution in [0.5, 0.6) is 0 Å². The fourth-order valence-corrected chi connectivity index (χ4v) is 1.92. The van der Waals surface area contributed by atoms with Gasteiger partial charge >= 0.3 is 0 Å². The minimum absolute atomic E-state index is 0.962. The Bertz CT molecular complexity index is 288. The molecule has 0 unspecified atom stereocenters. The van der Waals surface area contributed by atoms with E-state index in [1.54, 1.807) is 0 Å². The second kappa shape index (κ2) is 2.81. The number of rotatable bonds is 2. The van der Waals surface area contributed by atoms with Gasteiger partial charge in [0.05, 0.1) is 0 Å². The molecule has 1 aliphatic rings. The SMILES string of the molecule is CCNc1nn(C)c2c1CCC2. The molecule has 3 heteroatoms. The Morgan fingerprint density at radius 3 is 3.08 bits per heavy atom. The zero-order valence-corrected chi connectivity index (χ0v) is 7.72. The lowest BCUT2D eigenvalue weighted by Gasteiger charge is -1.98. The number of hydrogen-bond acceptors (Lipinski definition) is 2. The number of fused-ring (bicyclic) bond motifs is 1. The second-order valence-corrected chi connectivity index (χ2v) is 3.28. The summed E-state index contributed by atoms with van der Waals surface area (Å²) in [6.45, 7) is 3.07. The van der Waals surface area contributed by atoms with E-state index in [1.807, 2.05) is 11.7 Å². The van der Waals surface area contributed by atoms with Gasteiger partial charge < -0.3 is 5.32 Å². The van der Waals surface area contributed by atoms with Crippen molar-refractivity contribution in [2.24, 2.45) is 7.05 Å². The summed E-state index contributed by atoms with van der Waals surface area (Å²) in [6, 6.07) is 0. The Labute approximate surface area is 72.8 Å². The van der Waals surface area contributed by atoms with Crippen molar-refractivity contribution in [3.8, 4) is 0 Å². The minimum atomic E-state index is 0.962. The number of aromatic nitrogens is 2. The smallest absolute Gasteiger partial charge is 0.151 e. The van der Waals surface area contributed by atoms with E-state index in [0.717, 1.165) is 12.4 Å². The molecular formula is C9H15N3. The van der Waals surface area contributed by atoms with E-state index in [9.17, 15) is 0 Å². The van der Waals surface area contributed by atoms with E-state index in [-0.39, 0.29) is 0 Å². The molecule has 0 spiro atoms. The predicted molar refractivity (Wildman–Crippen MR) is 49.4 cm³/mol. The normalized spacial score (nSPS) is 14.8. The molecule has 1 N–H and O–H groups in total. The third-order valence-corrected chi connectivity index (χ3v) is 2.46. The van der Waals surface area contributed by atoms with E-state index < -0.39 is 0 Å². The molecular weight excluding hydrogens is 150 g/mol. The van der Waals surface area contributed by atoms with Crippen LogP contribution in [0, 0.1) is 0 Å². The Hall–Kier alpha value is -0.990. The van der Waals surface area contributed by atoms with Gasteiger partial charge in [0.1, 0.15) is 0 Å². The zero-order valence-electron chi connectivity index (χ0n) is 7.72. The summed E-state index contributed by atoms with van der Waals surface area (Å²) >= 11 is 0. The lowest BCUT2D eigenvalue weighted by Crippen LogP contribution is -2.00. The molecule has 0 atom stereocenters. The Kier molecular flexibility index (Phi) is 1.79. The van der Waals surface area contributed by atoms with Crippen LogP contribution in [0.3, 0.4) is 0 Å². The molecule has 0 saturated carbocycles. The van der Waals surface area contributed by atoms with Crippen molar-refractivity contribution in [3.05, 3.63) is 11.3 Å². The highest BCUT2D eigenvalue weighted by molar-refractivity contribution is 5.49. The fourth-order valence-electron chi connectivity index (χ4n) is 1.92. The molecule has 2 rings (SSSR count). The summed E-state index contributed by atoms with van der Waals surface area (Å²) in [5, 5.41) is 7.72. The zero-order chi connectivity index (χ0) is 8.55. The van der Waals surface area contributed by atoms with Crippen molar-refractivity contribution in [2.75, 3.05) is 11.9 Å². The first-order valence-corrected chi connectivity index (χ1v) is 4.61. The van der Waals surface area contributed by atoms with Crippen LogP contribution >= 0.6 is 0 Å². The predicted octanol–water partition coefficient (Wildman–Crippen LogP) is 1.34. The van der Waals surface area contributed by atoms with Gasteiger partial charge in [0, 0.05) is 24.8 Å². The highest BCUT2D eigenvalue weighted by atomic mass is 15.3. The molecule has 0 aromatic carbocycles. The molecule has 1 aromatic heterocycles. The first-order valence-electron chi connectivity index (χ1n) is 4.61. The molecule has 1 aromatic rings. The average molecular weight is 165 g/mol. The maximum Gasteiger partial charge on any atom is 0.151 e. The summed E-state index contributed by atoms with van der Waals surface area (Å²) in [6.07, 6.45) is 3.69. The topological polar surface area (TPSA) is 29.9 Å². The van der Waals surface area contributed by atoms with Crippen LogP contribution in [0.15, 0.2) is 0 Å². The van der Waals surface area contributed by atoms with Gasteiger partial charge in [-0.1, -0.05) is 0 Å². The van der Waals surface area contributed by atoms with E-state index in [4.69, 9.17) is 0 Å². The van der Waals surface area contributed by atoms with Crippen LogP contribution in [0.2, 0.25) is 0 Å². The van der Waals surface area contributed by atoms with Crippen molar-refractivity contribution in [2.45, 2.75) is 26.2 Å². The maximum atomic E-state index is 4.43. The van der Waals surface area contributed by atoms with Gasteiger partial charge in [-0.3, -0.25) is 4.68 Å². The third-order valence-electron chi connectivity index (χ3n) is 2.46. The summed E-state index contributed by atoms with van der Waals surface area (Å²) in [7, 11) is 2.03. The second-order valence-electron chi connectivity index (χ2n) is 3.28. The molecule has 1 aliphatic carbocycles. The molecule has 0 radical (unpaired) electrons. The summed E-state index contributed by atoms with van der Waals surface area (Å²) in [5.74, 6) is 1.10. The van der Waals surface area contributed by atoms with E-state index in [2.05, 4.69) is 17.3 Å². The van der Waals surface area contributed by atoms with E-state index >= 15 is 0 Å². The molecule has 1 heterocycles. The van der Waals surface area contributed by atoms with Gasteiger partial charge in [-0.2, -0.15) is 5.10 Å². The van der Waals surface area contributed by atoms with Crippen molar-refractivity contribution in [3.63, 3.8) is 0 Å². The fraction of sp³-hybridized carbons (Fsp3) is 0.667. The Morgan fingerprint density at radius 1 is 1.50 bits per heavy atom. The molecule has 0 amide bonds. The van der Waals surface area contributed by atoms with Crippen LogP contribution in [-0.2, 0) is 19.9 Å². The molecule has 0 aliphatic heterocycles. The largest absolute Gasteiger partial charge is 0.369 e. The van der Waals surface area contributed by atoms with Gasteiger partial charge in [-0.25, -0.2) is 0 Å². The molecule has 3 nitrogen and oxygen atoms in total. The van der Waals surface area contributed by atoms with Crippen molar-refractivity contribution in [1.29, 1.82) is 0 Å². The number of hydrogen-bond donors (Lipinski definition) is 1. The molecule has 0 bridgehead atoms. The Balaban J connectivity index is 2.37. The minimum Gasteiger partial charge on any atom is -0.369 e. The summed E-state index contributed by atoms with van der Waals surface area (Å²) < 4.78 is 2.01. The molecule has 12 heavy (non-hydrogen) atoms. The van der Waals surface area contributed by atoms with Crippen LogP contribution in [0.1, 0.15) is 24.6 Å². The van der Waals surface area contributed by atoms with Crippen molar-refractivity contribution in [1.82, 2.24) is 9.78 Å². The van der Waals surface area contributed by atoms with Crippen LogP contribution < -0.4 is 5.32 Å². The first kappa shape index (κ1) is 7.65. The first-order chi connectivity index (χ1) is 5.83. The molecule has 0 fully saturated rings. The van der Waals surface area contributed by atoms with E-state index in [0.29, 0.717) is 0 Å². The highest BCUT2D eigenvalue weighted by Gasteiger charge is 2.19. The van der Waals surface area contributed by atoms with Crippen LogP contribution in [0.25, 0.3) is 0 Å². The monoisotopic (exact) mass is 165 g/mol. The molecule has 0 saturated heterocycles. The van der Waals surface area contributed by atoms with Gasteiger partial charge in [0.15, 0.2) is 5.82 Å². The Morgan fingerprint density at radius 2 is 2.33 bits per heavy atom.